The summed E-state index contributed by atoms with van der Waals surface area (Å²) in [6, 6.07) is 2.49. The van der Waals surface area contributed by atoms with Crippen molar-refractivity contribution in [2.45, 2.75) is 50.8 Å². The fraction of sp³-hybridized carbons (Fsp3) is 0.692. The molecule has 1 aliphatic rings. The van der Waals surface area contributed by atoms with E-state index < -0.39 is 0 Å². The molecule has 1 aromatic rings. The van der Waals surface area contributed by atoms with Crippen LogP contribution < -0.4 is 5.32 Å². The standard InChI is InChI=1S/C13H21NO2/c1-15-13-6-4-2-3-5-12(13)14-9-11-7-8-16-10-11/h7-8,10,12-14H,2-6,9H2,1H3. The van der Waals surface area contributed by atoms with Crippen LogP contribution in [0.1, 0.15) is 37.7 Å². The summed E-state index contributed by atoms with van der Waals surface area (Å²) in [4.78, 5) is 0. The quantitative estimate of drug-likeness (QED) is 0.797. The molecular formula is C13H21NO2. The maximum atomic E-state index is 5.57. The van der Waals surface area contributed by atoms with Crippen LogP contribution in [0.25, 0.3) is 0 Å². The Balaban J connectivity index is 1.85. The molecule has 0 saturated heterocycles. The highest BCUT2D eigenvalue weighted by atomic mass is 16.5. The van der Waals surface area contributed by atoms with E-state index in [4.69, 9.17) is 9.15 Å². The molecule has 16 heavy (non-hydrogen) atoms. The topological polar surface area (TPSA) is 34.4 Å². The summed E-state index contributed by atoms with van der Waals surface area (Å²) >= 11 is 0. The predicted octanol–water partition coefficient (Wildman–Crippen LogP) is 2.72. The second-order valence-electron chi connectivity index (χ2n) is 4.53. The van der Waals surface area contributed by atoms with Crippen LogP contribution in [0.4, 0.5) is 0 Å². The Kier molecular flexibility index (Phi) is 4.43. The van der Waals surface area contributed by atoms with Crippen molar-refractivity contribution in [3.63, 3.8) is 0 Å². The summed E-state index contributed by atoms with van der Waals surface area (Å²) in [5, 5.41) is 3.58. The molecule has 1 saturated carbocycles. The van der Waals surface area contributed by atoms with E-state index in [-0.39, 0.29) is 0 Å². The molecule has 0 aromatic carbocycles. The lowest BCUT2D eigenvalue weighted by atomic mass is 10.1. The molecule has 0 amide bonds. The fourth-order valence-corrected chi connectivity index (χ4v) is 2.43. The van der Waals surface area contributed by atoms with Gasteiger partial charge in [0.1, 0.15) is 0 Å². The molecule has 3 heteroatoms. The maximum absolute atomic E-state index is 5.57. The van der Waals surface area contributed by atoms with E-state index in [1.54, 1.807) is 12.5 Å². The normalized spacial score (nSPS) is 26.6. The van der Waals surface area contributed by atoms with Crippen molar-refractivity contribution >= 4 is 0 Å². The van der Waals surface area contributed by atoms with Crippen LogP contribution >= 0.6 is 0 Å². The lowest BCUT2D eigenvalue weighted by molar-refractivity contribution is 0.0625. The Morgan fingerprint density at radius 2 is 2.25 bits per heavy atom. The van der Waals surface area contributed by atoms with Crippen molar-refractivity contribution < 1.29 is 9.15 Å². The van der Waals surface area contributed by atoms with Crippen molar-refractivity contribution in [3.8, 4) is 0 Å². The third kappa shape index (κ3) is 3.09. The van der Waals surface area contributed by atoms with Crippen molar-refractivity contribution in [2.75, 3.05) is 7.11 Å². The zero-order valence-electron chi connectivity index (χ0n) is 9.95. The SMILES string of the molecule is COC1CCCCCC1NCc1ccoc1. The van der Waals surface area contributed by atoms with Gasteiger partial charge in [0.2, 0.25) is 0 Å². The lowest BCUT2D eigenvalue weighted by Crippen LogP contribution is -2.39. The van der Waals surface area contributed by atoms with Crippen molar-refractivity contribution in [1.82, 2.24) is 5.32 Å². The minimum atomic E-state index is 0.370. The molecule has 1 fully saturated rings. The van der Waals surface area contributed by atoms with E-state index in [9.17, 15) is 0 Å². The number of hydrogen-bond donors (Lipinski definition) is 1. The van der Waals surface area contributed by atoms with E-state index in [0.29, 0.717) is 12.1 Å². The summed E-state index contributed by atoms with van der Waals surface area (Å²) < 4.78 is 10.6. The maximum Gasteiger partial charge on any atom is 0.0947 e. The van der Waals surface area contributed by atoms with Gasteiger partial charge in [0.05, 0.1) is 18.6 Å². The van der Waals surface area contributed by atoms with Crippen LogP contribution in [0.15, 0.2) is 23.0 Å². The van der Waals surface area contributed by atoms with Crippen LogP contribution in [-0.4, -0.2) is 19.3 Å². The summed E-state index contributed by atoms with van der Waals surface area (Å²) in [5.41, 5.74) is 1.21. The first-order chi connectivity index (χ1) is 7.90. The highest BCUT2D eigenvalue weighted by Crippen LogP contribution is 2.20. The third-order valence-corrected chi connectivity index (χ3v) is 3.40. The molecule has 90 valence electrons. The summed E-state index contributed by atoms with van der Waals surface area (Å²) in [7, 11) is 1.82. The van der Waals surface area contributed by atoms with Gasteiger partial charge in [-0.3, -0.25) is 0 Å². The van der Waals surface area contributed by atoms with Crippen LogP contribution in [0.2, 0.25) is 0 Å². The van der Waals surface area contributed by atoms with Crippen molar-refractivity contribution in [1.29, 1.82) is 0 Å². The summed E-state index contributed by atoms with van der Waals surface area (Å²) in [5.74, 6) is 0. The minimum Gasteiger partial charge on any atom is -0.472 e. The molecule has 1 aromatic heterocycles. The number of hydrogen-bond acceptors (Lipinski definition) is 3. The first-order valence-electron chi connectivity index (χ1n) is 6.17. The Morgan fingerprint density at radius 1 is 1.38 bits per heavy atom. The van der Waals surface area contributed by atoms with Gasteiger partial charge in [-0.15, -0.1) is 0 Å². The van der Waals surface area contributed by atoms with E-state index in [1.807, 2.05) is 13.2 Å². The smallest absolute Gasteiger partial charge is 0.0947 e. The van der Waals surface area contributed by atoms with Gasteiger partial charge >= 0.3 is 0 Å². The molecule has 0 spiro atoms. The Morgan fingerprint density at radius 3 is 3.00 bits per heavy atom. The monoisotopic (exact) mass is 223 g/mol. The Hall–Kier alpha value is -0.800. The van der Waals surface area contributed by atoms with E-state index >= 15 is 0 Å². The van der Waals surface area contributed by atoms with E-state index in [0.717, 1.165) is 6.54 Å². The predicted molar refractivity (Wildman–Crippen MR) is 63.2 cm³/mol. The van der Waals surface area contributed by atoms with Crippen LogP contribution in [-0.2, 0) is 11.3 Å². The summed E-state index contributed by atoms with van der Waals surface area (Å²) in [6.45, 7) is 0.876. The van der Waals surface area contributed by atoms with Gasteiger partial charge in [0.25, 0.3) is 0 Å². The zero-order valence-corrected chi connectivity index (χ0v) is 9.95. The molecule has 1 aliphatic carbocycles. The molecule has 0 radical (unpaired) electrons. The molecule has 2 rings (SSSR count). The highest BCUT2D eigenvalue weighted by molar-refractivity contribution is 5.05. The number of methoxy groups -OCH3 is 1. The van der Waals surface area contributed by atoms with E-state index in [2.05, 4.69) is 5.32 Å². The van der Waals surface area contributed by atoms with Crippen molar-refractivity contribution in [3.05, 3.63) is 24.2 Å². The molecular weight excluding hydrogens is 202 g/mol. The number of nitrogens with one attached hydrogen (secondary N) is 1. The van der Waals surface area contributed by atoms with Gasteiger partial charge in [0, 0.05) is 25.3 Å². The molecule has 0 bridgehead atoms. The third-order valence-electron chi connectivity index (χ3n) is 3.40. The van der Waals surface area contributed by atoms with Gasteiger partial charge < -0.3 is 14.5 Å². The number of ether oxygens (including phenoxy) is 1. The minimum absolute atomic E-state index is 0.370. The summed E-state index contributed by atoms with van der Waals surface area (Å²) in [6.07, 6.45) is 10.2. The number of rotatable bonds is 4. The first kappa shape index (κ1) is 11.7. The molecule has 0 aliphatic heterocycles. The zero-order chi connectivity index (χ0) is 11.2. The lowest BCUT2D eigenvalue weighted by Gasteiger charge is -2.24. The first-order valence-corrected chi connectivity index (χ1v) is 6.17. The molecule has 2 unspecified atom stereocenters. The average molecular weight is 223 g/mol. The van der Waals surface area contributed by atoms with Gasteiger partial charge in [-0.2, -0.15) is 0 Å². The molecule has 1 heterocycles. The molecule has 3 nitrogen and oxygen atoms in total. The second-order valence-corrected chi connectivity index (χ2v) is 4.53. The Bertz CT molecular complexity index is 284. The second kappa shape index (κ2) is 6.06. The average Bonchev–Trinajstić information content (AvgIpc) is 2.71. The van der Waals surface area contributed by atoms with Crippen LogP contribution in [0.5, 0.6) is 0 Å². The van der Waals surface area contributed by atoms with Gasteiger partial charge in [-0.1, -0.05) is 19.3 Å². The van der Waals surface area contributed by atoms with Crippen LogP contribution in [0.3, 0.4) is 0 Å². The van der Waals surface area contributed by atoms with Gasteiger partial charge in [-0.05, 0) is 18.9 Å². The van der Waals surface area contributed by atoms with Gasteiger partial charge in [-0.25, -0.2) is 0 Å². The molecule has 2 atom stereocenters. The largest absolute Gasteiger partial charge is 0.472 e. The van der Waals surface area contributed by atoms with E-state index in [1.165, 1.54) is 37.7 Å². The Labute approximate surface area is 97.2 Å². The highest BCUT2D eigenvalue weighted by Gasteiger charge is 2.22. The van der Waals surface area contributed by atoms with Gasteiger partial charge in [0.15, 0.2) is 0 Å². The van der Waals surface area contributed by atoms with Crippen LogP contribution in [0, 0.1) is 0 Å². The number of furan rings is 1. The van der Waals surface area contributed by atoms with Crippen molar-refractivity contribution in [2.24, 2.45) is 0 Å². The molecule has 1 N–H and O–H groups in total. The fourth-order valence-electron chi connectivity index (χ4n) is 2.43.